The molecular weight excluding hydrogens is 244 g/mol. The molecule has 1 atom stereocenters. The molecule has 0 radical (unpaired) electrons. The normalized spacial score (nSPS) is 12.5. The fraction of sp³-hybridized carbons (Fsp3) is 0.800. The molecule has 0 amide bonds. The van der Waals surface area contributed by atoms with Gasteiger partial charge in [0.1, 0.15) is 0 Å². The Morgan fingerprint density at radius 2 is 2.12 bits per heavy atom. The average molecular weight is 265 g/mol. The molecule has 0 aromatic carbocycles. The van der Waals surface area contributed by atoms with E-state index < -0.39 is 0 Å². The first-order chi connectivity index (χ1) is 7.27. The average Bonchev–Trinajstić information content (AvgIpc) is 2.72. The van der Waals surface area contributed by atoms with Crippen molar-refractivity contribution in [3.8, 4) is 0 Å². The van der Waals surface area contributed by atoms with E-state index in [1.54, 1.807) is 0 Å². The smallest absolute Gasteiger partial charge is 0.0893 e. The highest BCUT2D eigenvalue weighted by atomic mass is 35.5. The van der Waals surface area contributed by atoms with Gasteiger partial charge < -0.3 is 5.32 Å². The van der Waals surface area contributed by atoms with Gasteiger partial charge in [0.15, 0.2) is 0 Å². The molecule has 0 saturated carbocycles. The fourth-order valence-electron chi connectivity index (χ4n) is 1.65. The van der Waals surface area contributed by atoms with Gasteiger partial charge in [-0.3, -0.25) is 4.90 Å². The van der Waals surface area contributed by atoms with Crippen molar-refractivity contribution in [1.29, 1.82) is 0 Å². The molecule has 1 heterocycles. The molecule has 4 nitrogen and oxygen atoms in total. The highest BCUT2D eigenvalue weighted by Gasteiger charge is 2.08. The second kappa shape index (κ2) is 8.87. The van der Waals surface area contributed by atoms with Crippen molar-refractivity contribution >= 4 is 23.9 Å². The summed E-state index contributed by atoms with van der Waals surface area (Å²) in [7, 11) is 0. The SMILES string of the molecule is CCN(CC)C(C)CNCc1csnn1.Cl. The lowest BCUT2D eigenvalue weighted by Crippen LogP contribution is -2.40. The van der Waals surface area contributed by atoms with Crippen LogP contribution >= 0.6 is 23.9 Å². The number of rotatable bonds is 7. The summed E-state index contributed by atoms with van der Waals surface area (Å²) in [6.45, 7) is 10.7. The Morgan fingerprint density at radius 3 is 2.62 bits per heavy atom. The predicted octanol–water partition coefficient (Wildman–Crippen LogP) is 1.78. The van der Waals surface area contributed by atoms with Gasteiger partial charge >= 0.3 is 0 Å². The zero-order valence-corrected chi connectivity index (χ0v) is 11.8. The number of hydrogen-bond donors (Lipinski definition) is 1. The molecule has 0 aliphatic carbocycles. The summed E-state index contributed by atoms with van der Waals surface area (Å²) in [5.41, 5.74) is 1.03. The van der Waals surface area contributed by atoms with Crippen molar-refractivity contribution in [2.75, 3.05) is 19.6 Å². The van der Waals surface area contributed by atoms with Crippen molar-refractivity contribution in [3.63, 3.8) is 0 Å². The van der Waals surface area contributed by atoms with Gasteiger partial charge in [-0.2, -0.15) is 0 Å². The van der Waals surface area contributed by atoms with Gasteiger partial charge in [-0.15, -0.1) is 17.5 Å². The van der Waals surface area contributed by atoms with Crippen molar-refractivity contribution in [2.24, 2.45) is 0 Å². The van der Waals surface area contributed by atoms with E-state index in [1.165, 1.54) is 11.5 Å². The molecule has 0 aliphatic heterocycles. The van der Waals surface area contributed by atoms with Gasteiger partial charge in [-0.1, -0.05) is 18.3 Å². The van der Waals surface area contributed by atoms with Crippen LogP contribution in [0, 0.1) is 0 Å². The number of nitrogens with one attached hydrogen (secondary N) is 1. The number of halogens is 1. The maximum Gasteiger partial charge on any atom is 0.0893 e. The maximum absolute atomic E-state index is 3.99. The van der Waals surface area contributed by atoms with Crippen LogP contribution in [0.1, 0.15) is 26.5 Å². The van der Waals surface area contributed by atoms with Crippen LogP contribution in [-0.2, 0) is 6.54 Å². The van der Waals surface area contributed by atoms with Crippen LogP contribution in [0.4, 0.5) is 0 Å². The minimum Gasteiger partial charge on any atom is -0.310 e. The molecule has 1 N–H and O–H groups in total. The third-order valence-electron chi connectivity index (χ3n) is 2.59. The van der Waals surface area contributed by atoms with Gasteiger partial charge in [0.05, 0.1) is 5.69 Å². The Hall–Kier alpha value is -0.230. The molecule has 94 valence electrons. The van der Waals surface area contributed by atoms with Crippen LogP contribution in [0.2, 0.25) is 0 Å². The zero-order valence-electron chi connectivity index (χ0n) is 10.1. The molecule has 1 unspecified atom stereocenters. The van der Waals surface area contributed by atoms with Crippen molar-refractivity contribution < 1.29 is 0 Å². The summed E-state index contributed by atoms with van der Waals surface area (Å²) >= 11 is 1.40. The van der Waals surface area contributed by atoms with Crippen LogP contribution in [-0.4, -0.2) is 40.2 Å². The lowest BCUT2D eigenvalue weighted by atomic mass is 10.2. The van der Waals surface area contributed by atoms with E-state index in [9.17, 15) is 0 Å². The Labute approximate surface area is 108 Å². The summed E-state index contributed by atoms with van der Waals surface area (Å²) in [6, 6.07) is 0.576. The molecule has 0 fully saturated rings. The van der Waals surface area contributed by atoms with E-state index >= 15 is 0 Å². The summed E-state index contributed by atoms with van der Waals surface area (Å²) in [5.74, 6) is 0. The second-order valence-corrected chi connectivity index (χ2v) is 4.21. The number of nitrogens with zero attached hydrogens (tertiary/aromatic N) is 3. The van der Waals surface area contributed by atoms with Crippen LogP contribution in [0.25, 0.3) is 0 Å². The predicted molar refractivity (Wildman–Crippen MR) is 71.2 cm³/mol. The van der Waals surface area contributed by atoms with E-state index in [-0.39, 0.29) is 12.4 Å². The molecular formula is C10H21ClN4S. The topological polar surface area (TPSA) is 41.0 Å². The highest BCUT2D eigenvalue weighted by molar-refractivity contribution is 7.03. The second-order valence-electron chi connectivity index (χ2n) is 3.60. The maximum atomic E-state index is 3.99. The Balaban J connectivity index is 0.00000225. The monoisotopic (exact) mass is 264 g/mol. The van der Waals surface area contributed by atoms with Crippen molar-refractivity contribution in [1.82, 2.24) is 19.8 Å². The van der Waals surface area contributed by atoms with Crippen LogP contribution in [0.5, 0.6) is 0 Å². The van der Waals surface area contributed by atoms with Gasteiger partial charge in [0.25, 0.3) is 0 Å². The van der Waals surface area contributed by atoms with E-state index in [0.717, 1.165) is 31.9 Å². The first-order valence-corrected chi connectivity index (χ1v) is 6.32. The van der Waals surface area contributed by atoms with Gasteiger partial charge in [-0.05, 0) is 31.5 Å². The van der Waals surface area contributed by atoms with E-state index in [2.05, 4.69) is 40.6 Å². The van der Waals surface area contributed by atoms with Crippen molar-refractivity contribution in [2.45, 2.75) is 33.4 Å². The standard InChI is InChI=1S/C10H20N4S.ClH/c1-4-14(5-2)9(3)6-11-7-10-8-15-13-12-10;/h8-9,11H,4-7H2,1-3H3;1H. The van der Waals surface area contributed by atoms with Crippen LogP contribution < -0.4 is 5.32 Å². The van der Waals surface area contributed by atoms with Gasteiger partial charge in [0.2, 0.25) is 0 Å². The van der Waals surface area contributed by atoms with E-state index in [0.29, 0.717) is 6.04 Å². The molecule has 6 heteroatoms. The van der Waals surface area contributed by atoms with Crippen LogP contribution in [0.15, 0.2) is 5.38 Å². The van der Waals surface area contributed by atoms with Crippen LogP contribution in [0.3, 0.4) is 0 Å². The minimum atomic E-state index is 0. The first kappa shape index (κ1) is 15.8. The van der Waals surface area contributed by atoms with Gasteiger partial charge in [0, 0.05) is 24.5 Å². The summed E-state index contributed by atoms with van der Waals surface area (Å²) < 4.78 is 3.83. The third-order valence-corrected chi connectivity index (χ3v) is 3.14. The summed E-state index contributed by atoms with van der Waals surface area (Å²) in [4.78, 5) is 2.44. The van der Waals surface area contributed by atoms with Crippen molar-refractivity contribution in [3.05, 3.63) is 11.1 Å². The largest absolute Gasteiger partial charge is 0.310 e. The minimum absolute atomic E-state index is 0. The molecule has 16 heavy (non-hydrogen) atoms. The number of likely N-dealkylation sites (N-methyl/N-ethyl adjacent to an activating group) is 1. The molecule has 0 saturated heterocycles. The quantitative estimate of drug-likeness (QED) is 0.815. The zero-order chi connectivity index (χ0) is 11.1. The molecule has 1 aromatic rings. The molecule has 0 aliphatic rings. The highest BCUT2D eigenvalue weighted by Crippen LogP contribution is 1.99. The van der Waals surface area contributed by atoms with E-state index in [1.807, 2.05) is 5.38 Å². The lowest BCUT2D eigenvalue weighted by Gasteiger charge is -2.26. The molecule has 0 spiro atoms. The Morgan fingerprint density at radius 1 is 1.44 bits per heavy atom. The number of aromatic nitrogens is 2. The summed E-state index contributed by atoms with van der Waals surface area (Å²) in [5, 5.41) is 9.37. The fourth-order valence-corrected chi connectivity index (χ4v) is 2.10. The first-order valence-electron chi connectivity index (χ1n) is 5.48. The van der Waals surface area contributed by atoms with Gasteiger partial charge in [-0.25, -0.2) is 0 Å². The molecule has 0 bridgehead atoms. The lowest BCUT2D eigenvalue weighted by molar-refractivity contribution is 0.225. The Kier molecular flexibility index (Phi) is 8.74. The number of hydrogen-bond acceptors (Lipinski definition) is 5. The van der Waals surface area contributed by atoms with E-state index in [4.69, 9.17) is 0 Å². The summed E-state index contributed by atoms with van der Waals surface area (Å²) in [6.07, 6.45) is 0. The third kappa shape index (κ3) is 5.21. The molecule has 1 rings (SSSR count). The Bertz CT molecular complexity index is 251. The molecule has 1 aromatic heterocycles.